The zero-order valence-electron chi connectivity index (χ0n) is 12.4. The average molecular weight is 347 g/mol. The molecule has 0 aromatic heterocycles. The van der Waals surface area contributed by atoms with Crippen molar-refractivity contribution >= 4 is 22.8 Å². The normalized spacial score (nSPS) is 22.3. The molecule has 0 N–H and O–H groups in total. The number of carbonyl (C=O) groups is 1. The molecule has 0 bridgehead atoms. The molecule has 1 aliphatic rings. The van der Waals surface area contributed by atoms with Crippen LogP contribution in [0, 0.1) is 0 Å². The van der Waals surface area contributed by atoms with Crippen molar-refractivity contribution in [2.24, 2.45) is 0 Å². The van der Waals surface area contributed by atoms with Gasteiger partial charge >= 0.3 is 6.36 Å². The Bertz CT molecular complexity index is 631. The van der Waals surface area contributed by atoms with Crippen molar-refractivity contribution in [3.8, 4) is 5.75 Å². The summed E-state index contributed by atoms with van der Waals surface area (Å²) in [6, 6.07) is 5.43. The number of nitrogens with zero attached hydrogens (tertiary/aromatic N) is 1. The van der Waals surface area contributed by atoms with Crippen LogP contribution in [0.4, 0.5) is 13.2 Å². The van der Waals surface area contributed by atoms with E-state index in [4.69, 9.17) is 0 Å². The molecule has 1 heterocycles. The Hall–Kier alpha value is -1.83. The van der Waals surface area contributed by atoms with Crippen LogP contribution in [-0.4, -0.2) is 45.5 Å². The Morgan fingerprint density at radius 1 is 1.39 bits per heavy atom. The van der Waals surface area contributed by atoms with E-state index in [1.807, 2.05) is 0 Å². The summed E-state index contributed by atoms with van der Waals surface area (Å²) >= 11 is 0. The topological polar surface area (TPSA) is 46.6 Å². The number of benzene rings is 1. The summed E-state index contributed by atoms with van der Waals surface area (Å²) in [7, 11) is -0.926. The minimum Gasteiger partial charge on any atom is -0.405 e. The third kappa shape index (κ3) is 5.09. The van der Waals surface area contributed by atoms with Crippen LogP contribution < -0.4 is 4.74 Å². The first-order valence-electron chi connectivity index (χ1n) is 6.95. The second-order valence-electron chi connectivity index (χ2n) is 5.11. The highest BCUT2D eigenvalue weighted by molar-refractivity contribution is 7.85. The van der Waals surface area contributed by atoms with Gasteiger partial charge in [-0.25, -0.2) is 0 Å². The Morgan fingerprint density at radius 2 is 2.09 bits per heavy atom. The van der Waals surface area contributed by atoms with Crippen molar-refractivity contribution in [2.45, 2.75) is 19.3 Å². The van der Waals surface area contributed by atoms with Gasteiger partial charge in [-0.1, -0.05) is 18.2 Å². The van der Waals surface area contributed by atoms with Gasteiger partial charge in [0, 0.05) is 46.5 Å². The molecule has 1 aromatic carbocycles. The van der Waals surface area contributed by atoms with E-state index in [-0.39, 0.29) is 23.3 Å². The molecule has 1 aromatic rings. The number of hydrogen-bond acceptors (Lipinski definition) is 3. The number of ether oxygens (including phenoxy) is 1. The van der Waals surface area contributed by atoms with E-state index in [9.17, 15) is 22.2 Å². The highest BCUT2D eigenvalue weighted by atomic mass is 32.2. The second-order valence-corrected chi connectivity index (χ2v) is 6.73. The van der Waals surface area contributed by atoms with Gasteiger partial charge in [0.05, 0.1) is 0 Å². The minimum atomic E-state index is -4.79. The van der Waals surface area contributed by atoms with E-state index >= 15 is 0 Å². The summed E-state index contributed by atoms with van der Waals surface area (Å²) in [4.78, 5) is 13.7. The maximum atomic E-state index is 12.3. The summed E-state index contributed by atoms with van der Waals surface area (Å²) < 4.78 is 52.4. The lowest BCUT2D eigenvalue weighted by molar-refractivity contribution is -0.274. The molecule has 2 atom stereocenters. The molecular formula is C15H16F3NO3S. The molecule has 1 saturated heterocycles. The molecule has 1 aliphatic heterocycles. The van der Waals surface area contributed by atoms with Gasteiger partial charge in [-0.2, -0.15) is 0 Å². The van der Waals surface area contributed by atoms with Crippen LogP contribution in [0.2, 0.25) is 0 Å². The zero-order valence-corrected chi connectivity index (χ0v) is 13.2. The molecule has 4 nitrogen and oxygen atoms in total. The van der Waals surface area contributed by atoms with Gasteiger partial charge in [0.15, 0.2) is 0 Å². The molecule has 8 heteroatoms. The van der Waals surface area contributed by atoms with Crippen molar-refractivity contribution in [1.29, 1.82) is 0 Å². The summed E-state index contributed by atoms with van der Waals surface area (Å²) in [6.45, 7) is 2.17. The van der Waals surface area contributed by atoms with E-state index in [0.717, 1.165) is 0 Å². The Labute approximate surface area is 134 Å². The smallest absolute Gasteiger partial charge is 0.405 e. The minimum absolute atomic E-state index is 0.159. The van der Waals surface area contributed by atoms with Crippen LogP contribution in [0.25, 0.3) is 6.08 Å². The van der Waals surface area contributed by atoms with Gasteiger partial charge in [0.1, 0.15) is 5.75 Å². The maximum Gasteiger partial charge on any atom is 0.573 e. The van der Waals surface area contributed by atoms with Crippen molar-refractivity contribution in [2.75, 3.05) is 18.1 Å². The first-order valence-corrected chi connectivity index (χ1v) is 8.43. The number of amides is 1. The van der Waals surface area contributed by atoms with Gasteiger partial charge < -0.3 is 9.64 Å². The zero-order chi connectivity index (χ0) is 17.0. The van der Waals surface area contributed by atoms with Gasteiger partial charge in [0.2, 0.25) is 5.91 Å². The Morgan fingerprint density at radius 3 is 2.74 bits per heavy atom. The fourth-order valence-electron chi connectivity index (χ4n) is 2.28. The standard InChI is InChI=1S/C15H16F3NO3S/c1-11-10-23(21)9-8-19(11)14(20)7-6-12-4-2-3-5-13(12)22-15(16,17)18/h2-7,11H,8-10H2,1H3/b7-6-/t11-,23-/m1/s1. The number of halogens is 3. The van der Waals surface area contributed by atoms with E-state index in [2.05, 4.69) is 4.74 Å². The lowest BCUT2D eigenvalue weighted by Gasteiger charge is -2.32. The first-order chi connectivity index (χ1) is 10.8. The maximum absolute atomic E-state index is 12.3. The monoisotopic (exact) mass is 347 g/mol. The summed E-state index contributed by atoms with van der Waals surface area (Å²) in [5.41, 5.74) is 0.159. The van der Waals surface area contributed by atoms with Crippen LogP contribution in [0.3, 0.4) is 0 Å². The average Bonchev–Trinajstić information content (AvgIpc) is 2.44. The van der Waals surface area contributed by atoms with Crippen LogP contribution in [-0.2, 0) is 15.6 Å². The van der Waals surface area contributed by atoms with Crippen LogP contribution in [0.15, 0.2) is 30.3 Å². The number of hydrogen-bond donors (Lipinski definition) is 0. The number of carbonyl (C=O) groups excluding carboxylic acids is 1. The lowest BCUT2D eigenvalue weighted by atomic mass is 10.2. The highest BCUT2D eigenvalue weighted by Crippen LogP contribution is 2.27. The summed E-state index contributed by atoms with van der Waals surface area (Å²) in [5, 5.41) is 0. The SMILES string of the molecule is C[C@@H]1C[S@](=O)CCN1C(=O)/C=C\c1ccccc1OC(F)(F)F. The Balaban J connectivity index is 2.11. The molecule has 0 radical (unpaired) electrons. The fraction of sp³-hybridized carbons (Fsp3) is 0.400. The number of alkyl halides is 3. The summed E-state index contributed by atoms with van der Waals surface area (Å²) in [5.74, 6) is 0.137. The predicted molar refractivity (Wildman–Crippen MR) is 81.2 cm³/mol. The van der Waals surface area contributed by atoms with Crippen molar-refractivity contribution in [3.05, 3.63) is 35.9 Å². The highest BCUT2D eigenvalue weighted by Gasteiger charge is 2.31. The number of para-hydroxylation sites is 1. The third-order valence-electron chi connectivity index (χ3n) is 3.35. The number of rotatable bonds is 3. The van der Waals surface area contributed by atoms with Gasteiger partial charge in [-0.05, 0) is 19.1 Å². The quantitative estimate of drug-likeness (QED) is 0.790. The molecule has 0 saturated carbocycles. The van der Waals surface area contributed by atoms with Crippen LogP contribution in [0.5, 0.6) is 5.75 Å². The molecular weight excluding hydrogens is 331 g/mol. The van der Waals surface area contributed by atoms with E-state index in [1.54, 1.807) is 17.9 Å². The van der Waals surface area contributed by atoms with E-state index in [1.165, 1.54) is 30.4 Å². The van der Waals surface area contributed by atoms with Crippen molar-refractivity contribution < 1.29 is 26.9 Å². The molecule has 0 unspecified atom stereocenters. The molecule has 0 spiro atoms. The van der Waals surface area contributed by atoms with Gasteiger partial charge in [-0.15, -0.1) is 13.2 Å². The molecule has 23 heavy (non-hydrogen) atoms. The predicted octanol–water partition coefficient (Wildman–Crippen LogP) is 2.58. The molecule has 1 amide bonds. The molecule has 1 fully saturated rings. The van der Waals surface area contributed by atoms with E-state index < -0.39 is 17.2 Å². The fourth-order valence-corrected chi connectivity index (χ4v) is 3.57. The van der Waals surface area contributed by atoms with Crippen molar-refractivity contribution in [3.63, 3.8) is 0 Å². The molecule has 126 valence electrons. The Kier molecular flexibility index (Phi) is 5.46. The molecule has 2 rings (SSSR count). The first kappa shape index (κ1) is 17.5. The van der Waals surface area contributed by atoms with E-state index in [0.29, 0.717) is 18.1 Å². The van der Waals surface area contributed by atoms with Crippen LogP contribution >= 0.6 is 0 Å². The third-order valence-corrected chi connectivity index (χ3v) is 4.84. The van der Waals surface area contributed by atoms with Gasteiger partial charge in [-0.3, -0.25) is 9.00 Å². The summed E-state index contributed by atoms with van der Waals surface area (Å²) in [6.07, 6.45) is -2.29. The largest absolute Gasteiger partial charge is 0.573 e. The van der Waals surface area contributed by atoms with Crippen LogP contribution in [0.1, 0.15) is 12.5 Å². The lowest BCUT2D eigenvalue weighted by Crippen LogP contribution is -2.47. The van der Waals surface area contributed by atoms with Crippen molar-refractivity contribution in [1.82, 2.24) is 4.90 Å². The van der Waals surface area contributed by atoms with Gasteiger partial charge in [0.25, 0.3) is 0 Å². The molecule has 0 aliphatic carbocycles. The second kappa shape index (κ2) is 7.16.